The highest BCUT2D eigenvalue weighted by molar-refractivity contribution is 7.26. The molecule has 13 rings (SSSR count). The Bertz CT molecular complexity index is 3730. The molecule has 1 aromatic heterocycles. The van der Waals surface area contributed by atoms with Crippen molar-refractivity contribution in [2.75, 3.05) is 4.90 Å². The standard InChI is InChI=1S/C67H45NS/c1-6-18-46(19-7-1)49-30-32-50(33-31-49)52-36-41-57(42-37-52)68(56-39-34-51(35-40-56)47-20-8-2-9-21-47)66-64-58-28-16-17-29-60(58)67(54-24-12-4-13-25-54,55-26-14-5-15-27-55)61(64)45-63-65(66)59-43-38-53(44-62(59)69-63)48-22-10-3-11-23-48/h1-45H. The van der Waals surface area contributed by atoms with Gasteiger partial charge in [0.25, 0.3) is 0 Å². The third kappa shape index (κ3) is 6.83. The Hall–Kier alpha value is -8.56. The van der Waals surface area contributed by atoms with Gasteiger partial charge in [-0.05, 0) is 109 Å². The van der Waals surface area contributed by atoms with Crippen LogP contribution in [0.4, 0.5) is 17.1 Å². The quantitative estimate of drug-likeness (QED) is 0.140. The Kier molecular flexibility index (Phi) is 10.00. The maximum Gasteiger partial charge on any atom is 0.0714 e. The molecular formula is C67H45NS. The van der Waals surface area contributed by atoms with Gasteiger partial charge >= 0.3 is 0 Å². The Morgan fingerprint density at radius 3 is 1.19 bits per heavy atom. The van der Waals surface area contributed by atoms with Gasteiger partial charge in [-0.25, -0.2) is 0 Å². The summed E-state index contributed by atoms with van der Waals surface area (Å²) in [6, 6.07) is 101. The molecule has 0 radical (unpaired) electrons. The summed E-state index contributed by atoms with van der Waals surface area (Å²) in [7, 11) is 0. The summed E-state index contributed by atoms with van der Waals surface area (Å²) in [5.74, 6) is 0. The fourth-order valence-electron chi connectivity index (χ4n) is 11.0. The third-order valence-corrected chi connectivity index (χ3v) is 15.3. The number of hydrogen-bond acceptors (Lipinski definition) is 2. The molecule has 12 aromatic rings. The van der Waals surface area contributed by atoms with Crippen molar-refractivity contribution in [1.82, 2.24) is 0 Å². The molecule has 0 N–H and O–H groups in total. The molecule has 0 saturated carbocycles. The van der Waals surface area contributed by atoms with Crippen LogP contribution >= 0.6 is 11.3 Å². The van der Waals surface area contributed by atoms with Gasteiger partial charge in [-0.15, -0.1) is 11.3 Å². The van der Waals surface area contributed by atoms with E-state index in [4.69, 9.17) is 0 Å². The molecular weight excluding hydrogens is 851 g/mol. The average Bonchev–Trinajstić information content (AvgIpc) is 3.95. The van der Waals surface area contributed by atoms with Crippen molar-refractivity contribution < 1.29 is 0 Å². The second-order valence-corrected chi connectivity index (χ2v) is 19.0. The number of nitrogens with zero attached hydrogens (tertiary/aromatic N) is 1. The van der Waals surface area contributed by atoms with Gasteiger partial charge < -0.3 is 4.90 Å². The molecule has 324 valence electrons. The monoisotopic (exact) mass is 895 g/mol. The SMILES string of the molecule is c1ccc(-c2ccc(-c3ccc(N(c4ccc(-c5ccccc5)cc4)c4c5c(cc6sc7cc(-c8ccccc8)ccc7c46)C(c4ccccc4)(c4ccccc4)c4ccccc4-5)cc3)cc2)cc1. The molecule has 0 saturated heterocycles. The lowest BCUT2D eigenvalue weighted by Gasteiger charge is -2.35. The van der Waals surface area contributed by atoms with Crippen LogP contribution in [0, 0.1) is 0 Å². The summed E-state index contributed by atoms with van der Waals surface area (Å²) in [6.45, 7) is 0. The first-order valence-corrected chi connectivity index (χ1v) is 24.6. The third-order valence-electron chi connectivity index (χ3n) is 14.2. The minimum Gasteiger partial charge on any atom is -0.309 e. The Morgan fingerprint density at radius 1 is 0.304 bits per heavy atom. The minimum absolute atomic E-state index is 0.582. The molecule has 2 heteroatoms. The van der Waals surface area contributed by atoms with Crippen LogP contribution in [0.15, 0.2) is 273 Å². The highest BCUT2D eigenvalue weighted by Crippen LogP contribution is 2.62. The number of thiophene rings is 1. The van der Waals surface area contributed by atoms with Crippen LogP contribution in [0.25, 0.3) is 75.8 Å². The topological polar surface area (TPSA) is 3.24 Å². The van der Waals surface area contributed by atoms with E-state index in [1.54, 1.807) is 0 Å². The van der Waals surface area contributed by atoms with Gasteiger partial charge in [0.2, 0.25) is 0 Å². The van der Waals surface area contributed by atoms with E-state index in [0.717, 1.165) is 11.4 Å². The van der Waals surface area contributed by atoms with Gasteiger partial charge in [0.1, 0.15) is 0 Å². The van der Waals surface area contributed by atoms with Crippen molar-refractivity contribution in [2.24, 2.45) is 0 Å². The van der Waals surface area contributed by atoms with Gasteiger partial charge in [-0.1, -0.05) is 237 Å². The fraction of sp³-hybridized carbons (Fsp3) is 0.0149. The maximum atomic E-state index is 2.55. The first kappa shape index (κ1) is 40.7. The van der Waals surface area contributed by atoms with Crippen LogP contribution in [-0.4, -0.2) is 0 Å². The molecule has 69 heavy (non-hydrogen) atoms. The summed E-state index contributed by atoms with van der Waals surface area (Å²) >= 11 is 1.90. The van der Waals surface area contributed by atoms with E-state index in [9.17, 15) is 0 Å². The summed E-state index contributed by atoms with van der Waals surface area (Å²) in [5, 5.41) is 2.51. The predicted molar refractivity (Wildman–Crippen MR) is 293 cm³/mol. The lowest BCUT2D eigenvalue weighted by molar-refractivity contribution is 0.770. The predicted octanol–water partition coefficient (Wildman–Crippen LogP) is 18.6. The van der Waals surface area contributed by atoms with Crippen LogP contribution < -0.4 is 4.90 Å². The van der Waals surface area contributed by atoms with Crippen molar-refractivity contribution in [3.63, 3.8) is 0 Å². The molecule has 1 heterocycles. The van der Waals surface area contributed by atoms with Gasteiger partial charge in [0, 0.05) is 37.1 Å². The van der Waals surface area contributed by atoms with Crippen molar-refractivity contribution >= 4 is 48.6 Å². The zero-order chi connectivity index (χ0) is 45.7. The molecule has 0 fully saturated rings. The molecule has 0 amide bonds. The van der Waals surface area contributed by atoms with Crippen LogP contribution in [0.1, 0.15) is 22.3 Å². The van der Waals surface area contributed by atoms with E-state index in [1.807, 2.05) is 11.3 Å². The molecule has 0 spiro atoms. The Labute approximate surface area is 407 Å². The van der Waals surface area contributed by atoms with E-state index in [-0.39, 0.29) is 0 Å². The second kappa shape index (κ2) is 16.9. The average molecular weight is 896 g/mol. The largest absolute Gasteiger partial charge is 0.309 e. The van der Waals surface area contributed by atoms with E-state index >= 15 is 0 Å². The van der Waals surface area contributed by atoms with E-state index < -0.39 is 5.41 Å². The molecule has 0 unspecified atom stereocenters. The molecule has 0 atom stereocenters. The maximum absolute atomic E-state index is 2.55. The van der Waals surface area contributed by atoms with E-state index in [1.165, 1.54) is 104 Å². The van der Waals surface area contributed by atoms with Gasteiger partial charge in [0.15, 0.2) is 0 Å². The number of benzene rings is 11. The molecule has 1 nitrogen and oxygen atoms in total. The number of anilines is 3. The minimum atomic E-state index is -0.582. The van der Waals surface area contributed by atoms with Crippen LogP contribution in [-0.2, 0) is 5.41 Å². The van der Waals surface area contributed by atoms with Crippen molar-refractivity contribution in [2.45, 2.75) is 5.41 Å². The number of fused-ring (bicyclic) bond motifs is 6. The fourth-order valence-corrected chi connectivity index (χ4v) is 12.2. The lowest BCUT2D eigenvalue weighted by Crippen LogP contribution is -2.28. The normalized spacial score (nSPS) is 12.5. The van der Waals surface area contributed by atoms with Crippen molar-refractivity contribution in [1.29, 1.82) is 0 Å². The van der Waals surface area contributed by atoms with E-state index in [2.05, 4.69) is 278 Å². The highest BCUT2D eigenvalue weighted by Gasteiger charge is 2.48. The summed E-state index contributed by atoms with van der Waals surface area (Å²) in [6.07, 6.45) is 0. The zero-order valence-corrected chi connectivity index (χ0v) is 38.7. The van der Waals surface area contributed by atoms with Crippen LogP contribution in [0.3, 0.4) is 0 Å². The van der Waals surface area contributed by atoms with Gasteiger partial charge in [0.05, 0.1) is 11.1 Å². The molecule has 0 bridgehead atoms. The Balaban J connectivity index is 1.10. The molecule has 0 aliphatic heterocycles. The van der Waals surface area contributed by atoms with Crippen LogP contribution in [0.5, 0.6) is 0 Å². The summed E-state index contributed by atoms with van der Waals surface area (Å²) < 4.78 is 2.53. The van der Waals surface area contributed by atoms with E-state index in [0.29, 0.717) is 0 Å². The zero-order valence-electron chi connectivity index (χ0n) is 37.8. The highest BCUT2D eigenvalue weighted by atomic mass is 32.1. The van der Waals surface area contributed by atoms with Crippen LogP contribution in [0.2, 0.25) is 0 Å². The first-order chi connectivity index (χ1) is 34.2. The van der Waals surface area contributed by atoms with Crippen molar-refractivity contribution in [3.8, 4) is 55.6 Å². The Morgan fingerprint density at radius 2 is 0.696 bits per heavy atom. The second-order valence-electron chi connectivity index (χ2n) is 18.0. The van der Waals surface area contributed by atoms with Crippen molar-refractivity contribution in [3.05, 3.63) is 295 Å². The summed E-state index contributed by atoms with van der Waals surface area (Å²) in [4.78, 5) is 2.55. The van der Waals surface area contributed by atoms with Gasteiger partial charge in [-0.2, -0.15) is 0 Å². The smallest absolute Gasteiger partial charge is 0.0714 e. The molecule has 1 aliphatic carbocycles. The first-order valence-electron chi connectivity index (χ1n) is 23.7. The number of hydrogen-bond donors (Lipinski definition) is 0. The number of rotatable bonds is 9. The summed E-state index contributed by atoms with van der Waals surface area (Å²) in [5.41, 5.74) is 20.0. The molecule has 1 aliphatic rings. The molecule has 11 aromatic carbocycles. The van der Waals surface area contributed by atoms with Gasteiger partial charge in [-0.3, -0.25) is 0 Å². The lowest BCUT2D eigenvalue weighted by atomic mass is 9.67.